The number of nitrogens with one attached hydrogen (secondary N) is 7. The Bertz CT molecular complexity index is 6460. The second-order valence-corrected chi connectivity index (χ2v) is 41.9. The first-order chi connectivity index (χ1) is 63.7. The van der Waals surface area contributed by atoms with Crippen molar-refractivity contribution >= 4 is 236 Å². The molecule has 3 aliphatic rings. The summed E-state index contributed by atoms with van der Waals surface area (Å²) in [5.41, 5.74) is 25.9. The Morgan fingerprint density at radius 2 is 0.926 bits per heavy atom. The number of pyridine rings is 2. The van der Waals surface area contributed by atoms with Crippen molar-refractivity contribution < 1.29 is 85.1 Å². The van der Waals surface area contributed by atoms with Gasteiger partial charge in [0.15, 0.2) is 21.7 Å². The highest BCUT2D eigenvalue weighted by Crippen LogP contribution is 2.47. The summed E-state index contributed by atoms with van der Waals surface area (Å²) < 4.78 is 50.1. The number of nitrogens with two attached hydrogens (primary N) is 2. The standard InChI is InChI=1S/C25H25ClN6O4.C17H16ClNO5.C12H14ClNO2.C11H12ClNO2.C9H13N5.C7H8ClNO.C6H5BrO3.C5H7ClO.Al.3ClH/c1-12-8-19(28-23-22(12)13(2)31-32(23)5)29-30-24(34)17-6-7-21(35-17)36-18-9-14-16(10-15(18)26)27-20(33)11-25(14,3)4;1-17(2)8-14(20)19-11-7-10(18)13(6-9(11)17)24-15-5-4-12(23-15)16(21)22-3;1-8(2)6-12(15)14-9-4-5-11(16-3)10(13)7-9;1-11(2)5-10(15)13-8-4-7(12)9(14)3-6(8)11;1-5-4-7(12-10)11-9-8(5)6(2)13-14(9)3;1-10-7-3-2-5(9)4-6(7)8;1-9-6(8)4-2-3-5(7)10-4;1-4(2)3-5(6)7;;;;/h6-10H,11H2,1-5H3,(H,27,33)(H,28,29)(H,30,34);4-7H,8H2,1-3H3,(H,19,20);4-7H,1-3H3,(H,14,15);3-4,14H,5H2,1-2H3,(H,13,15);4H,10H2,1-3H3,(H,11,12);2-4H,9H2,1H3;2-3H,1H3;3H,1-2H3;;3*1H/q;;;;;;;;+3;;;/p-3. The molecular weight excluding hydrogens is 2030 g/mol. The zero-order valence-electron chi connectivity index (χ0n) is 77.4. The number of aromatic hydroxyl groups is 1. The molecule has 3 aliphatic heterocycles. The van der Waals surface area contributed by atoms with E-state index in [0.29, 0.717) is 113 Å². The van der Waals surface area contributed by atoms with E-state index in [9.17, 15) is 43.5 Å². The van der Waals surface area contributed by atoms with Gasteiger partial charge in [0.1, 0.15) is 40.4 Å². The molecular formula is C92H100AlBrCl9N15O18. The molecule has 5 aromatic carbocycles. The van der Waals surface area contributed by atoms with Crippen LogP contribution in [0.5, 0.6) is 40.6 Å². The molecule has 15 rings (SSSR count). The number of amides is 5. The average molecular weight is 2130 g/mol. The van der Waals surface area contributed by atoms with Gasteiger partial charge < -0.3 is 79.2 Å². The van der Waals surface area contributed by atoms with Crippen molar-refractivity contribution in [3.8, 4) is 40.6 Å². The van der Waals surface area contributed by atoms with Gasteiger partial charge >= 0.3 is 29.2 Å². The predicted molar refractivity (Wildman–Crippen MR) is 538 cm³/mol. The minimum Gasteiger partial charge on any atom is -0.506 e. The van der Waals surface area contributed by atoms with Gasteiger partial charge in [-0.05, 0) is 226 Å². The third-order valence-electron chi connectivity index (χ3n) is 19.4. The third-order valence-corrected chi connectivity index (χ3v) is 21.4. The van der Waals surface area contributed by atoms with Crippen LogP contribution in [0.15, 0.2) is 163 Å². The monoisotopic (exact) mass is 2120 g/mol. The van der Waals surface area contributed by atoms with E-state index in [-0.39, 0.29) is 79.8 Å². The number of phenolic OH excluding ortho intramolecular Hbond substituents is 1. The molecule has 136 heavy (non-hydrogen) atoms. The van der Waals surface area contributed by atoms with E-state index in [4.69, 9.17) is 144 Å². The second-order valence-electron chi connectivity index (χ2n) is 32.3. The molecule has 44 heteroatoms. The fourth-order valence-electron chi connectivity index (χ4n) is 13.4. The fourth-order valence-corrected chi connectivity index (χ4v) is 15.1. The van der Waals surface area contributed by atoms with Crippen molar-refractivity contribution in [3.05, 3.63) is 231 Å². The van der Waals surface area contributed by atoms with Crippen LogP contribution in [0.3, 0.4) is 0 Å². The summed E-state index contributed by atoms with van der Waals surface area (Å²) in [6.45, 7) is 27.1. The van der Waals surface area contributed by atoms with Crippen molar-refractivity contribution in [1.29, 1.82) is 0 Å². The number of fused-ring (bicyclic) bond motifs is 5. The number of hydrogen-bond acceptors (Lipinski definition) is 26. The number of aromatic nitrogens is 6. The fraction of sp³-hybridized carbons (Fsp3) is 0.283. The molecule has 10 heterocycles. The van der Waals surface area contributed by atoms with Gasteiger partial charge in [-0.2, -0.15) is 10.2 Å². The maximum Gasteiger partial charge on any atom is 0.643 e. The first-order valence-corrected chi connectivity index (χ1v) is 48.9. The minimum absolute atomic E-state index is 0.0192. The van der Waals surface area contributed by atoms with Gasteiger partial charge in [-0.15, -0.1) is 0 Å². The van der Waals surface area contributed by atoms with Crippen LogP contribution in [0, 0.1) is 27.7 Å². The number of hydrogen-bond donors (Lipinski definition) is 10. The largest absolute Gasteiger partial charge is 0.643 e. The van der Waals surface area contributed by atoms with Gasteiger partial charge in [0, 0.05) is 107 Å². The average Bonchev–Trinajstić information content (AvgIpc) is 1.22. The van der Waals surface area contributed by atoms with Crippen LogP contribution in [0.1, 0.15) is 159 Å². The first-order valence-electron chi connectivity index (χ1n) is 40.6. The number of aryl methyl sites for hydroxylation is 6. The molecule has 0 radical (unpaired) electrons. The molecule has 12 N–H and O–H groups in total. The number of nitrogen functional groups attached to an aromatic ring is 2. The number of phenols is 1. The number of nitrogens with zero attached hydrogens (tertiary/aromatic N) is 6. The lowest BCUT2D eigenvalue weighted by atomic mass is 9.78. The van der Waals surface area contributed by atoms with Crippen molar-refractivity contribution in [1.82, 2.24) is 35.0 Å². The van der Waals surface area contributed by atoms with Crippen LogP contribution >= 0.6 is 116 Å². The second kappa shape index (κ2) is 50.1. The Kier molecular flexibility index (Phi) is 41.1. The summed E-state index contributed by atoms with van der Waals surface area (Å²) >= 11 is 36.4. The smallest absolute Gasteiger partial charge is 0.506 e. The van der Waals surface area contributed by atoms with Gasteiger partial charge in [0.05, 0.1) is 64.9 Å². The molecule has 0 atom stereocenters. The Morgan fingerprint density at radius 1 is 0.529 bits per heavy atom. The Labute approximate surface area is 839 Å². The number of halogens is 10. The number of benzene rings is 5. The van der Waals surface area contributed by atoms with E-state index < -0.39 is 34.5 Å². The zero-order chi connectivity index (χ0) is 101. The quantitative estimate of drug-likeness (QED) is 0.00666. The molecule has 0 bridgehead atoms. The Morgan fingerprint density at radius 3 is 1.33 bits per heavy atom. The molecule has 0 saturated heterocycles. The maximum absolute atomic E-state index is 12.6. The summed E-state index contributed by atoms with van der Waals surface area (Å²) in [6, 6.07) is 33.2. The molecule has 7 aromatic heterocycles. The van der Waals surface area contributed by atoms with E-state index in [2.05, 4.69) is 83.1 Å². The summed E-state index contributed by atoms with van der Waals surface area (Å²) in [4.78, 5) is 100. The molecule has 5 amide bonds. The lowest BCUT2D eigenvalue weighted by Gasteiger charge is -2.32. The van der Waals surface area contributed by atoms with E-state index in [1.807, 2.05) is 123 Å². The third kappa shape index (κ3) is 32.1. The Hall–Kier alpha value is -11.4. The summed E-state index contributed by atoms with van der Waals surface area (Å²) in [5, 5.41) is 32.9. The number of rotatable bonds is 15. The molecule has 724 valence electrons. The van der Waals surface area contributed by atoms with Gasteiger partial charge in [0.2, 0.25) is 40.4 Å². The van der Waals surface area contributed by atoms with Crippen molar-refractivity contribution in [3.63, 3.8) is 0 Å². The van der Waals surface area contributed by atoms with Crippen LogP contribution in [-0.2, 0) is 63.8 Å². The number of ether oxygens (including phenoxy) is 6. The minimum atomic E-state index is -1.72. The van der Waals surface area contributed by atoms with Crippen LogP contribution in [0.4, 0.5) is 40.1 Å². The number of furan rings is 3. The van der Waals surface area contributed by atoms with E-state index in [0.717, 1.165) is 66.8 Å². The van der Waals surface area contributed by atoms with Crippen LogP contribution in [0.2, 0.25) is 25.1 Å². The normalized spacial score (nSPS) is 12.7. The number of carbonyl (C=O) groups excluding carboxylic acids is 8. The molecule has 0 unspecified atom stereocenters. The topological polar surface area (TPSA) is 449 Å². The predicted octanol–water partition coefficient (Wildman–Crippen LogP) is 23.1. The molecule has 0 fully saturated rings. The molecule has 0 aliphatic carbocycles. The zero-order valence-corrected chi connectivity index (χ0v) is 86.9. The summed E-state index contributed by atoms with van der Waals surface area (Å²) in [6.07, 6.45) is 4.04. The maximum atomic E-state index is 12.6. The highest BCUT2D eigenvalue weighted by atomic mass is 79.9. The molecule has 33 nitrogen and oxygen atoms in total. The number of anilines is 7. The number of methoxy groups -OCH3 is 4. The number of carbonyl (C=O) groups is 8. The number of esters is 2. The number of hydrazine groups is 2. The lowest BCUT2D eigenvalue weighted by molar-refractivity contribution is -0.118. The molecule has 0 spiro atoms. The van der Waals surface area contributed by atoms with E-state index in [1.54, 1.807) is 102 Å². The van der Waals surface area contributed by atoms with Gasteiger partial charge in [-0.3, -0.25) is 49.0 Å². The molecule has 12 aromatic rings. The Balaban J connectivity index is 0.000000222. The van der Waals surface area contributed by atoms with Crippen LogP contribution < -0.4 is 68.1 Å². The molecule has 0 saturated carbocycles. The van der Waals surface area contributed by atoms with Crippen molar-refractivity contribution in [2.24, 2.45) is 19.9 Å². The number of allylic oxidation sites excluding steroid dienone is 3. The summed E-state index contributed by atoms with van der Waals surface area (Å²) in [7, 11) is 24.2. The summed E-state index contributed by atoms with van der Waals surface area (Å²) in [5.74, 6) is 7.11. The van der Waals surface area contributed by atoms with E-state index in [1.165, 1.54) is 56.7 Å². The lowest BCUT2D eigenvalue weighted by Crippen LogP contribution is -2.32. The highest BCUT2D eigenvalue weighted by Gasteiger charge is 2.36. The van der Waals surface area contributed by atoms with Crippen LogP contribution in [0.25, 0.3) is 22.1 Å². The highest BCUT2D eigenvalue weighted by molar-refractivity contribution is 9.10. The van der Waals surface area contributed by atoms with Crippen LogP contribution in [-0.4, -0.2) is 121 Å². The first kappa shape index (κ1) is 112. The van der Waals surface area contributed by atoms with E-state index >= 15 is 0 Å². The van der Waals surface area contributed by atoms with Gasteiger partial charge in [0.25, 0.3) is 11.9 Å². The van der Waals surface area contributed by atoms with Gasteiger partial charge in [-0.25, -0.2) is 55.5 Å². The van der Waals surface area contributed by atoms with Crippen molar-refractivity contribution in [2.75, 3.05) is 66.3 Å². The SMILES string of the molecule is CC(C)=CC(=O)Cl.CC1(C)CC(=O)Nc2cc(Cl)c(O)cc21.COC(=O)c1ccc(Br)o1.COC(=O)c1ccc(Oc2cc3c(cc2Cl)NC(=O)CC3(C)C)o1.COc1ccc(N)cc1Cl.COc1ccc(NC(=O)C=C(C)C)cc1Cl.Cc1cc(NN)nc2c1c(C)nn2C.Cc1cc(NNC(=O)c2ccc(Oc3cc4c(cc3Cl)NC(=O)CC4(C)C)o2)nc2c1c(C)nn2C.[Cl][Al]([Cl])[Cl]. The van der Waals surface area contributed by atoms with Gasteiger partial charge in [-0.1, -0.05) is 111 Å². The van der Waals surface area contributed by atoms with Crippen molar-refractivity contribution in [2.45, 2.75) is 132 Å².